The lowest BCUT2D eigenvalue weighted by atomic mass is 10.3. The van der Waals surface area contributed by atoms with Gasteiger partial charge in [-0.3, -0.25) is 0 Å². The normalized spacial score (nSPS) is 11.5. The highest BCUT2D eigenvalue weighted by atomic mass is 79.9. The van der Waals surface area contributed by atoms with Gasteiger partial charge in [-0.05, 0) is 33.2 Å². The van der Waals surface area contributed by atoms with E-state index in [9.17, 15) is 12.8 Å². The molecule has 96 valence electrons. The van der Waals surface area contributed by atoms with Gasteiger partial charge >= 0.3 is 0 Å². The Kier molecular flexibility index (Phi) is 3.35. The lowest BCUT2D eigenvalue weighted by molar-refractivity contribution is 0.395. The maximum atomic E-state index is 13.5. The number of aryl methyl sites for hydroxylation is 1. The summed E-state index contributed by atoms with van der Waals surface area (Å²) in [4.78, 5) is 3.17. The number of anilines is 1. The summed E-state index contributed by atoms with van der Waals surface area (Å²) in [5.74, 6) is -0.931. The third-order valence-electron chi connectivity index (χ3n) is 1.94. The molecule has 0 saturated heterocycles. The summed E-state index contributed by atoms with van der Waals surface area (Å²) in [5.41, 5.74) is 0. The summed E-state index contributed by atoms with van der Waals surface area (Å²) in [6, 6.07) is 3.84. The molecule has 0 unspecified atom stereocenters. The minimum absolute atomic E-state index is 0.107. The van der Waals surface area contributed by atoms with Crippen LogP contribution in [0.3, 0.4) is 0 Å². The van der Waals surface area contributed by atoms with Gasteiger partial charge in [-0.1, -0.05) is 6.07 Å². The lowest BCUT2D eigenvalue weighted by Gasteiger charge is -2.07. The van der Waals surface area contributed by atoms with Crippen molar-refractivity contribution in [2.24, 2.45) is 0 Å². The summed E-state index contributed by atoms with van der Waals surface area (Å²) in [5, 5.41) is 3.37. The average Bonchev–Trinajstić information content (AvgIpc) is 2.62. The molecule has 0 amide bonds. The number of nitrogens with zero attached hydrogens (tertiary/aromatic N) is 2. The molecule has 0 aliphatic carbocycles. The molecule has 0 saturated carbocycles. The van der Waals surface area contributed by atoms with Crippen molar-refractivity contribution in [1.29, 1.82) is 0 Å². The van der Waals surface area contributed by atoms with E-state index in [4.69, 9.17) is 0 Å². The van der Waals surface area contributed by atoms with Crippen molar-refractivity contribution in [3.63, 3.8) is 0 Å². The molecule has 9 heteroatoms. The summed E-state index contributed by atoms with van der Waals surface area (Å²) in [6.45, 7) is 1.50. The predicted molar refractivity (Wildman–Crippen MR) is 63.9 cm³/mol. The van der Waals surface area contributed by atoms with Gasteiger partial charge in [0.2, 0.25) is 5.89 Å². The van der Waals surface area contributed by atoms with Crippen LogP contribution in [0.15, 0.2) is 32.1 Å². The molecule has 6 nitrogen and oxygen atoms in total. The molecular formula is C9H7BrFN3O3S. The second-order valence-electron chi connectivity index (χ2n) is 3.29. The number of hydrogen-bond donors (Lipinski definition) is 1. The first kappa shape index (κ1) is 13.0. The fraction of sp³-hybridized carbons (Fsp3) is 0.111. The van der Waals surface area contributed by atoms with Gasteiger partial charge in [-0.2, -0.15) is 4.98 Å². The van der Waals surface area contributed by atoms with Crippen LogP contribution in [0.25, 0.3) is 0 Å². The van der Waals surface area contributed by atoms with Crippen LogP contribution in [0, 0.1) is 12.7 Å². The molecule has 1 heterocycles. The van der Waals surface area contributed by atoms with Gasteiger partial charge in [0.15, 0.2) is 0 Å². The van der Waals surface area contributed by atoms with Gasteiger partial charge in [0.1, 0.15) is 10.7 Å². The molecule has 0 aliphatic heterocycles. The fourth-order valence-electron chi connectivity index (χ4n) is 1.25. The van der Waals surface area contributed by atoms with Crippen molar-refractivity contribution in [3.05, 3.63) is 34.4 Å². The minimum Gasteiger partial charge on any atom is -0.338 e. The molecule has 2 aromatic rings. The van der Waals surface area contributed by atoms with Crippen LogP contribution >= 0.6 is 15.9 Å². The zero-order valence-electron chi connectivity index (χ0n) is 9.02. The monoisotopic (exact) mass is 335 g/mol. The zero-order valence-corrected chi connectivity index (χ0v) is 11.4. The van der Waals surface area contributed by atoms with Crippen LogP contribution in [-0.2, 0) is 10.0 Å². The first-order valence-electron chi connectivity index (χ1n) is 4.67. The Balaban J connectivity index is 2.43. The molecule has 0 fully saturated rings. The number of aromatic nitrogens is 2. The van der Waals surface area contributed by atoms with E-state index in [0.717, 1.165) is 6.07 Å². The van der Waals surface area contributed by atoms with E-state index in [2.05, 4.69) is 30.6 Å². The topological polar surface area (TPSA) is 85.1 Å². The molecular weight excluding hydrogens is 329 g/mol. The summed E-state index contributed by atoms with van der Waals surface area (Å²) >= 11 is 2.98. The number of sulfonamides is 1. The molecule has 0 aliphatic rings. The highest BCUT2D eigenvalue weighted by Crippen LogP contribution is 2.25. The minimum atomic E-state index is -4.12. The average molecular weight is 336 g/mol. The van der Waals surface area contributed by atoms with Gasteiger partial charge in [-0.25, -0.2) is 17.5 Å². The molecule has 18 heavy (non-hydrogen) atoms. The summed E-state index contributed by atoms with van der Waals surface area (Å²) < 4.78 is 44.2. The zero-order chi connectivity index (χ0) is 13.3. The Labute approximate surface area is 110 Å². The molecule has 0 bridgehead atoms. The molecule has 1 aromatic heterocycles. The summed E-state index contributed by atoms with van der Waals surface area (Å²) in [6.07, 6.45) is 0. The van der Waals surface area contributed by atoms with Crippen molar-refractivity contribution in [2.75, 3.05) is 4.72 Å². The maximum Gasteiger partial charge on any atom is 0.277 e. The third kappa shape index (κ3) is 2.51. The van der Waals surface area contributed by atoms with Crippen LogP contribution in [0.5, 0.6) is 0 Å². The second-order valence-corrected chi connectivity index (χ2v) is 5.77. The van der Waals surface area contributed by atoms with E-state index in [1.165, 1.54) is 19.1 Å². The Bertz CT molecular complexity index is 666. The van der Waals surface area contributed by atoms with Gasteiger partial charge in [0.25, 0.3) is 16.0 Å². The number of halogens is 2. The summed E-state index contributed by atoms with van der Waals surface area (Å²) in [7, 11) is -4.12. The first-order chi connectivity index (χ1) is 8.40. The van der Waals surface area contributed by atoms with Gasteiger partial charge in [0, 0.05) is 11.4 Å². The Morgan fingerprint density at radius 1 is 1.44 bits per heavy atom. The van der Waals surface area contributed by atoms with Crippen molar-refractivity contribution < 1.29 is 17.3 Å². The van der Waals surface area contributed by atoms with E-state index in [0.29, 0.717) is 0 Å². The van der Waals surface area contributed by atoms with Crippen molar-refractivity contribution in [3.8, 4) is 0 Å². The molecule has 0 atom stereocenters. The Morgan fingerprint density at radius 3 is 2.72 bits per heavy atom. The molecule has 1 N–H and O–H groups in total. The van der Waals surface area contributed by atoms with Gasteiger partial charge in [0.05, 0.1) is 0 Å². The highest BCUT2D eigenvalue weighted by Gasteiger charge is 2.24. The van der Waals surface area contributed by atoms with E-state index < -0.39 is 20.7 Å². The van der Waals surface area contributed by atoms with Crippen LogP contribution in [0.4, 0.5) is 10.3 Å². The first-order valence-corrected chi connectivity index (χ1v) is 6.95. The Hall–Kier alpha value is -1.48. The standard InChI is InChI=1S/C9H7BrFN3O3S/c1-5-12-9(13-17-5)14-18(15,16)8-6(10)3-2-4-7(8)11/h2-4H,1H3,(H,13,14). The van der Waals surface area contributed by atoms with Gasteiger partial charge in [-0.15, -0.1) is 0 Å². The fourth-order valence-corrected chi connectivity index (χ4v) is 3.31. The van der Waals surface area contributed by atoms with Crippen molar-refractivity contribution >= 4 is 31.9 Å². The SMILES string of the molecule is Cc1nc(NS(=O)(=O)c2c(F)cccc2Br)no1. The Morgan fingerprint density at radius 2 is 2.17 bits per heavy atom. The molecule has 0 radical (unpaired) electrons. The number of hydrogen-bond acceptors (Lipinski definition) is 5. The van der Waals surface area contributed by atoms with Crippen LogP contribution in [0.2, 0.25) is 0 Å². The molecule has 2 rings (SSSR count). The predicted octanol–water partition coefficient (Wildman–Crippen LogP) is 2.08. The second kappa shape index (κ2) is 4.65. The molecule has 1 aromatic carbocycles. The number of benzene rings is 1. The smallest absolute Gasteiger partial charge is 0.277 e. The van der Waals surface area contributed by atoms with E-state index in [-0.39, 0.29) is 16.3 Å². The number of nitrogens with one attached hydrogen (secondary N) is 1. The highest BCUT2D eigenvalue weighted by molar-refractivity contribution is 9.10. The van der Waals surface area contributed by atoms with Crippen LogP contribution < -0.4 is 4.72 Å². The number of rotatable bonds is 3. The maximum absolute atomic E-state index is 13.5. The van der Waals surface area contributed by atoms with E-state index in [1.54, 1.807) is 0 Å². The lowest BCUT2D eigenvalue weighted by Crippen LogP contribution is -2.16. The van der Waals surface area contributed by atoms with E-state index >= 15 is 0 Å². The quantitative estimate of drug-likeness (QED) is 0.928. The van der Waals surface area contributed by atoms with E-state index in [1.807, 2.05) is 4.72 Å². The van der Waals surface area contributed by atoms with Crippen LogP contribution in [-0.4, -0.2) is 18.6 Å². The third-order valence-corrected chi connectivity index (χ3v) is 4.27. The van der Waals surface area contributed by atoms with Crippen LogP contribution in [0.1, 0.15) is 5.89 Å². The van der Waals surface area contributed by atoms with Crippen molar-refractivity contribution in [1.82, 2.24) is 10.1 Å². The van der Waals surface area contributed by atoms with Gasteiger partial charge < -0.3 is 4.52 Å². The molecule has 0 spiro atoms. The van der Waals surface area contributed by atoms with Crippen molar-refractivity contribution in [2.45, 2.75) is 11.8 Å². The largest absolute Gasteiger partial charge is 0.338 e.